The maximum atomic E-state index is 13.4. The molecule has 2 aromatic rings. The van der Waals surface area contributed by atoms with E-state index >= 15 is 0 Å². The molecule has 0 radical (unpaired) electrons. The van der Waals surface area contributed by atoms with E-state index in [9.17, 15) is 9.18 Å². The molecule has 0 saturated heterocycles. The summed E-state index contributed by atoms with van der Waals surface area (Å²) in [4.78, 5) is 12.3. The molecule has 0 saturated carbocycles. The fourth-order valence-corrected chi connectivity index (χ4v) is 1.86. The van der Waals surface area contributed by atoms with Gasteiger partial charge in [-0.3, -0.25) is 4.79 Å². The van der Waals surface area contributed by atoms with Gasteiger partial charge in [0.15, 0.2) is 5.78 Å². The predicted octanol–water partition coefficient (Wildman–Crippen LogP) is 3.26. The minimum absolute atomic E-state index is 0.0941. The minimum Gasteiger partial charge on any atom is -0.396 e. The quantitative estimate of drug-likeness (QED) is 0.650. The summed E-state index contributed by atoms with van der Waals surface area (Å²) in [5, 5.41) is 0. The smallest absolute Gasteiger partial charge is 0.195 e. The second-order valence-corrected chi connectivity index (χ2v) is 4.35. The van der Waals surface area contributed by atoms with Crippen molar-refractivity contribution in [3.63, 3.8) is 0 Å². The molecule has 2 rings (SSSR count). The molecule has 2 N–H and O–H groups in total. The van der Waals surface area contributed by atoms with E-state index in [1.165, 1.54) is 12.1 Å². The van der Waals surface area contributed by atoms with Gasteiger partial charge in [-0.2, -0.15) is 0 Å². The number of ketones is 1. The highest BCUT2D eigenvalue weighted by atomic mass is 19.1. The summed E-state index contributed by atoms with van der Waals surface area (Å²) in [5.74, 6) is -0.806. The van der Waals surface area contributed by atoms with Crippen molar-refractivity contribution in [1.82, 2.24) is 0 Å². The minimum atomic E-state index is -0.564. The van der Waals surface area contributed by atoms with Crippen LogP contribution < -0.4 is 5.73 Å². The van der Waals surface area contributed by atoms with E-state index in [4.69, 9.17) is 5.73 Å². The number of halogens is 1. The van der Waals surface area contributed by atoms with Crippen LogP contribution in [0.2, 0.25) is 0 Å². The number of aryl methyl sites for hydroxylation is 2. The van der Waals surface area contributed by atoms with Gasteiger partial charge in [-0.25, -0.2) is 4.39 Å². The van der Waals surface area contributed by atoms with Crippen molar-refractivity contribution in [1.29, 1.82) is 0 Å². The molecule has 18 heavy (non-hydrogen) atoms. The van der Waals surface area contributed by atoms with E-state index in [1.54, 1.807) is 12.1 Å². The largest absolute Gasteiger partial charge is 0.396 e. The molecule has 0 amide bonds. The molecule has 0 aliphatic rings. The van der Waals surface area contributed by atoms with E-state index in [-0.39, 0.29) is 17.0 Å². The summed E-state index contributed by atoms with van der Waals surface area (Å²) >= 11 is 0. The molecular weight excluding hydrogens is 229 g/mol. The lowest BCUT2D eigenvalue weighted by Gasteiger charge is -2.09. The lowest BCUT2D eigenvalue weighted by Crippen LogP contribution is -2.08. The summed E-state index contributed by atoms with van der Waals surface area (Å²) in [6.45, 7) is 3.76. The Bertz CT molecular complexity index is 616. The highest BCUT2D eigenvalue weighted by Crippen LogP contribution is 2.22. The van der Waals surface area contributed by atoms with Crippen LogP contribution in [-0.2, 0) is 0 Å². The molecule has 92 valence electrons. The number of para-hydroxylation sites is 1. The van der Waals surface area contributed by atoms with Gasteiger partial charge in [0.2, 0.25) is 0 Å². The number of hydrogen-bond acceptors (Lipinski definition) is 2. The van der Waals surface area contributed by atoms with E-state index in [0.29, 0.717) is 5.56 Å². The topological polar surface area (TPSA) is 43.1 Å². The summed E-state index contributed by atoms with van der Waals surface area (Å²) in [7, 11) is 0. The molecule has 2 nitrogen and oxygen atoms in total. The Hall–Kier alpha value is -2.16. The van der Waals surface area contributed by atoms with Crippen molar-refractivity contribution in [2.24, 2.45) is 0 Å². The molecule has 0 spiro atoms. The molecule has 0 aromatic heterocycles. The summed E-state index contributed by atoms with van der Waals surface area (Å²) in [6, 6.07) is 9.88. The Morgan fingerprint density at radius 2 is 1.83 bits per heavy atom. The Kier molecular flexibility index (Phi) is 3.15. The van der Waals surface area contributed by atoms with Gasteiger partial charge in [-0.05, 0) is 37.6 Å². The predicted molar refractivity (Wildman–Crippen MR) is 70.2 cm³/mol. The van der Waals surface area contributed by atoms with E-state index in [2.05, 4.69) is 0 Å². The molecular formula is C15H14FNO. The van der Waals surface area contributed by atoms with Gasteiger partial charge in [-0.15, -0.1) is 0 Å². The van der Waals surface area contributed by atoms with Crippen LogP contribution in [0.3, 0.4) is 0 Å². The fraction of sp³-hybridized carbons (Fsp3) is 0.133. The average molecular weight is 243 g/mol. The maximum absolute atomic E-state index is 13.4. The molecule has 0 atom stereocenters. The molecule has 0 unspecified atom stereocenters. The van der Waals surface area contributed by atoms with Gasteiger partial charge < -0.3 is 5.73 Å². The Balaban J connectivity index is 2.55. The van der Waals surface area contributed by atoms with Crippen molar-refractivity contribution in [2.45, 2.75) is 13.8 Å². The number of nitrogen functional groups attached to an aromatic ring is 1. The maximum Gasteiger partial charge on any atom is 0.195 e. The van der Waals surface area contributed by atoms with Gasteiger partial charge in [0.25, 0.3) is 0 Å². The second kappa shape index (κ2) is 4.61. The van der Waals surface area contributed by atoms with Crippen molar-refractivity contribution in [3.05, 3.63) is 64.5 Å². The third kappa shape index (κ3) is 2.12. The Morgan fingerprint density at radius 3 is 2.56 bits per heavy atom. The van der Waals surface area contributed by atoms with E-state index in [1.807, 2.05) is 26.0 Å². The average Bonchev–Trinajstić information content (AvgIpc) is 2.35. The number of benzene rings is 2. The monoisotopic (exact) mass is 243 g/mol. The van der Waals surface area contributed by atoms with Crippen molar-refractivity contribution in [2.75, 3.05) is 5.73 Å². The zero-order valence-electron chi connectivity index (χ0n) is 10.3. The number of carbonyl (C=O) groups excluding carboxylic acids is 1. The summed E-state index contributed by atoms with van der Waals surface area (Å²) in [5.41, 5.74) is 8.13. The molecule has 0 bridgehead atoms. The first-order valence-corrected chi connectivity index (χ1v) is 5.66. The van der Waals surface area contributed by atoms with Crippen LogP contribution in [0.25, 0.3) is 0 Å². The number of hydrogen-bond donors (Lipinski definition) is 1. The SMILES string of the molecule is Cc1ccc(C)c(C(=O)c2cccc(F)c2N)c1. The van der Waals surface area contributed by atoms with Gasteiger partial charge in [0, 0.05) is 11.1 Å². The lowest BCUT2D eigenvalue weighted by molar-refractivity contribution is 0.103. The molecule has 0 aliphatic heterocycles. The summed E-state index contributed by atoms with van der Waals surface area (Å²) in [6.07, 6.45) is 0. The van der Waals surface area contributed by atoms with Crippen LogP contribution in [0.4, 0.5) is 10.1 Å². The van der Waals surface area contributed by atoms with Gasteiger partial charge in [0.1, 0.15) is 5.82 Å². The number of anilines is 1. The van der Waals surface area contributed by atoms with Gasteiger partial charge in [-0.1, -0.05) is 23.8 Å². The molecule has 0 fully saturated rings. The third-order valence-corrected chi connectivity index (χ3v) is 2.94. The molecule has 0 aliphatic carbocycles. The van der Waals surface area contributed by atoms with E-state index < -0.39 is 5.82 Å². The number of rotatable bonds is 2. The first-order chi connectivity index (χ1) is 8.50. The van der Waals surface area contributed by atoms with Crippen molar-refractivity contribution >= 4 is 11.5 Å². The Labute approximate surface area is 105 Å². The van der Waals surface area contributed by atoms with Gasteiger partial charge >= 0.3 is 0 Å². The Morgan fingerprint density at radius 1 is 1.11 bits per heavy atom. The molecule has 0 heterocycles. The highest BCUT2D eigenvalue weighted by molar-refractivity contribution is 6.12. The zero-order valence-corrected chi connectivity index (χ0v) is 10.3. The van der Waals surface area contributed by atoms with Crippen LogP contribution in [0, 0.1) is 19.7 Å². The number of nitrogens with two attached hydrogens (primary N) is 1. The van der Waals surface area contributed by atoms with Crippen molar-refractivity contribution < 1.29 is 9.18 Å². The summed E-state index contributed by atoms with van der Waals surface area (Å²) < 4.78 is 13.4. The van der Waals surface area contributed by atoms with Crippen LogP contribution in [0.15, 0.2) is 36.4 Å². The zero-order chi connectivity index (χ0) is 13.3. The second-order valence-electron chi connectivity index (χ2n) is 4.35. The van der Waals surface area contributed by atoms with Crippen LogP contribution >= 0.6 is 0 Å². The molecule has 2 aromatic carbocycles. The van der Waals surface area contributed by atoms with Crippen LogP contribution in [0.1, 0.15) is 27.0 Å². The van der Waals surface area contributed by atoms with Crippen molar-refractivity contribution in [3.8, 4) is 0 Å². The first-order valence-electron chi connectivity index (χ1n) is 5.66. The fourth-order valence-electron chi connectivity index (χ4n) is 1.86. The number of carbonyl (C=O) groups is 1. The first kappa shape index (κ1) is 12.3. The standard InChI is InChI=1S/C15H14FNO/c1-9-6-7-10(2)12(8-9)15(18)11-4-3-5-13(16)14(11)17/h3-8H,17H2,1-2H3. The normalized spacial score (nSPS) is 10.4. The van der Waals surface area contributed by atoms with Gasteiger partial charge in [0.05, 0.1) is 5.69 Å². The molecule has 3 heteroatoms. The van der Waals surface area contributed by atoms with Crippen LogP contribution in [-0.4, -0.2) is 5.78 Å². The third-order valence-electron chi connectivity index (χ3n) is 2.94. The van der Waals surface area contributed by atoms with E-state index in [0.717, 1.165) is 11.1 Å². The highest BCUT2D eigenvalue weighted by Gasteiger charge is 2.16. The van der Waals surface area contributed by atoms with Crippen LogP contribution in [0.5, 0.6) is 0 Å². The lowest BCUT2D eigenvalue weighted by atomic mass is 9.96.